The molecule has 4 heteroatoms. The molecule has 19 heavy (non-hydrogen) atoms. The van der Waals surface area contributed by atoms with Gasteiger partial charge in [0.2, 0.25) is 0 Å². The lowest BCUT2D eigenvalue weighted by atomic mass is 10.1. The highest BCUT2D eigenvalue weighted by molar-refractivity contribution is 6.06. The monoisotopic (exact) mass is 257 g/mol. The van der Waals surface area contributed by atoms with Gasteiger partial charge >= 0.3 is 0 Å². The van der Waals surface area contributed by atoms with Gasteiger partial charge in [0.05, 0.1) is 0 Å². The third kappa shape index (κ3) is 4.84. The number of benzene rings is 1. The summed E-state index contributed by atoms with van der Waals surface area (Å²) >= 11 is 0. The molecule has 0 fully saturated rings. The third-order valence-electron chi connectivity index (χ3n) is 2.68. The smallest absolute Gasteiger partial charge is 0.267 e. The minimum Gasteiger partial charge on any atom is -0.393 e. The largest absolute Gasteiger partial charge is 0.393 e. The first-order valence-corrected chi connectivity index (χ1v) is 6.39. The molecule has 1 amide bonds. The second-order valence-corrected chi connectivity index (χ2v) is 4.21. The third-order valence-corrected chi connectivity index (χ3v) is 2.68. The molecular formula is C15H19N3O. The first kappa shape index (κ1) is 14.8. The Labute approximate surface area is 114 Å². The SMILES string of the molecule is CCCCc1ccc(NC(=O)/C(C#N)=C\NC)cc1. The first-order chi connectivity index (χ1) is 9.21. The minimum atomic E-state index is -0.404. The van der Waals surface area contributed by atoms with Crippen LogP contribution in [0.4, 0.5) is 5.69 Å². The van der Waals surface area contributed by atoms with Crippen LogP contribution in [0.25, 0.3) is 0 Å². The highest BCUT2D eigenvalue weighted by Crippen LogP contribution is 2.12. The number of rotatable bonds is 6. The van der Waals surface area contributed by atoms with Crippen LogP contribution in [0.15, 0.2) is 36.0 Å². The van der Waals surface area contributed by atoms with E-state index in [9.17, 15) is 4.79 Å². The van der Waals surface area contributed by atoms with Crippen LogP contribution in [0.3, 0.4) is 0 Å². The summed E-state index contributed by atoms with van der Waals surface area (Å²) in [6.07, 6.45) is 4.76. The Morgan fingerprint density at radius 1 is 1.37 bits per heavy atom. The van der Waals surface area contributed by atoms with Crippen molar-refractivity contribution in [3.8, 4) is 6.07 Å². The van der Waals surface area contributed by atoms with Gasteiger partial charge in [-0.3, -0.25) is 4.79 Å². The van der Waals surface area contributed by atoms with Crippen LogP contribution in [0, 0.1) is 11.3 Å². The fourth-order valence-electron chi connectivity index (χ4n) is 1.63. The van der Waals surface area contributed by atoms with Crippen LogP contribution in [0.5, 0.6) is 0 Å². The van der Waals surface area contributed by atoms with Crippen molar-refractivity contribution in [1.82, 2.24) is 5.32 Å². The minimum absolute atomic E-state index is 0.0533. The quantitative estimate of drug-likeness (QED) is 0.608. The normalized spacial score (nSPS) is 10.7. The number of aryl methyl sites for hydroxylation is 1. The summed E-state index contributed by atoms with van der Waals surface area (Å²) in [6, 6.07) is 9.56. The van der Waals surface area contributed by atoms with E-state index in [1.165, 1.54) is 18.2 Å². The molecule has 0 unspecified atom stereocenters. The number of nitriles is 1. The van der Waals surface area contributed by atoms with Gasteiger partial charge in [-0.15, -0.1) is 0 Å². The zero-order chi connectivity index (χ0) is 14.1. The van der Waals surface area contributed by atoms with Gasteiger partial charge in [0.1, 0.15) is 11.6 Å². The maximum Gasteiger partial charge on any atom is 0.267 e. The van der Waals surface area contributed by atoms with Gasteiger partial charge in [-0.1, -0.05) is 25.5 Å². The van der Waals surface area contributed by atoms with Crippen LogP contribution in [-0.4, -0.2) is 13.0 Å². The van der Waals surface area contributed by atoms with Gasteiger partial charge in [-0.2, -0.15) is 5.26 Å². The number of carbonyl (C=O) groups is 1. The molecule has 0 aliphatic heterocycles. The Bertz CT molecular complexity index is 483. The van der Waals surface area contributed by atoms with E-state index >= 15 is 0 Å². The maximum atomic E-state index is 11.7. The van der Waals surface area contributed by atoms with E-state index in [4.69, 9.17) is 5.26 Å². The Morgan fingerprint density at radius 2 is 2.05 bits per heavy atom. The van der Waals surface area contributed by atoms with Crippen LogP contribution in [-0.2, 0) is 11.2 Å². The van der Waals surface area contributed by atoms with Crippen LogP contribution in [0.2, 0.25) is 0 Å². The number of anilines is 1. The molecule has 4 nitrogen and oxygen atoms in total. The Kier molecular flexibility index (Phi) is 6.17. The summed E-state index contributed by atoms with van der Waals surface area (Å²) in [5.41, 5.74) is 2.01. The molecule has 0 heterocycles. The molecule has 0 radical (unpaired) electrons. The van der Waals surface area contributed by atoms with Crippen molar-refractivity contribution in [3.63, 3.8) is 0 Å². The molecule has 0 spiro atoms. The van der Waals surface area contributed by atoms with Crippen molar-refractivity contribution in [2.45, 2.75) is 26.2 Å². The molecule has 0 aliphatic rings. The summed E-state index contributed by atoms with van der Waals surface area (Å²) in [5.74, 6) is -0.404. The van der Waals surface area contributed by atoms with Crippen molar-refractivity contribution in [3.05, 3.63) is 41.6 Å². The molecule has 0 saturated heterocycles. The molecule has 1 aromatic carbocycles. The Hall–Kier alpha value is -2.28. The van der Waals surface area contributed by atoms with Crippen molar-refractivity contribution in [2.24, 2.45) is 0 Å². The topological polar surface area (TPSA) is 64.9 Å². The number of hydrogen-bond donors (Lipinski definition) is 2. The number of unbranched alkanes of at least 4 members (excludes halogenated alkanes) is 1. The summed E-state index contributed by atoms with van der Waals surface area (Å²) < 4.78 is 0. The van der Waals surface area contributed by atoms with Crippen LogP contribution >= 0.6 is 0 Å². The Balaban J connectivity index is 2.65. The molecule has 100 valence electrons. The van der Waals surface area contributed by atoms with Crippen molar-refractivity contribution >= 4 is 11.6 Å². The number of carbonyl (C=O) groups excluding carboxylic acids is 1. The van der Waals surface area contributed by atoms with Gasteiger partial charge in [0.15, 0.2) is 0 Å². The number of nitrogens with one attached hydrogen (secondary N) is 2. The van der Waals surface area contributed by atoms with Gasteiger partial charge in [-0.25, -0.2) is 0 Å². The van der Waals surface area contributed by atoms with Gasteiger partial charge in [-0.05, 0) is 30.5 Å². The van der Waals surface area contributed by atoms with E-state index in [2.05, 4.69) is 17.6 Å². The lowest BCUT2D eigenvalue weighted by molar-refractivity contribution is -0.112. The molecule has 0 bridgehead atoms. The van der Waals surface area contributed by atoms with Gasteiger partial charge < -0.3 is 10.6 Å². The van der Waals surface area contributed by atoms with E-state index in [-0.39, 0.29) is 5.57 Å². The summed E-state index contributed by atoms with van der Waals surface area (Å²) in [4.78, 5) is 11.7. The average molecular weight is 257 g/mol. The number of amides is 1. The molecule has 2 N–H and O–H groups in total. The molecule has 0 aromatic heterocycles. The predicted molar refractivity (Wildman–Crippen MR) is 76.4 cm³/mol. The molecule has 1 aromatic rings. The maximum absolute atomic E-state index is 11.7. The first-order valence-electron chi connectivity index (χ1n) is 6.39. The highest BCUT2D eigenvalue weighted by Gasteiger charge is 2.08. The molecule has 1 rings (SSSR count). The highest BCUT2D eigenvalue weighted by atomic mass is 16.1. The van der Waals surface area contributed by atoms with Crippen molar-refractivity contribution in [1.29, 1.82) is 5.26 Å². The summed E-state index contributed by atoms with van der Waals surface area (Å²) in [7, 11) is 1.65. The predicted octanol–water partition coefficient (Wildman–Crippen LogP) is 2.59. The van der Waals surface area contributed by atoms with Crippen molar-refractivity contribution in [2.75, 3.05) is 12.4 Å². The van der Waals surface area contributed by atoms with E-state index in [0.29, 0.717) is 5.69 Å². The number of hydrogen-bond acceptors (Lipinski definition) is 3. The standard InChI is InChI=1S/C15H19N3O/c1-3-4-5-12-6-8-14(9-7-12)18-15(19)13(10-16)11-17-2/h6-9,11,17H,3-5H2,1-2H3,(H,18,19)/b13-11-. The van der Waals surface area contributed by atoms with E-state index in [1.807, 2.05) is 30.3 Å². The fourth-order valence-corrected chi connectivity index (χ4v) is 1.63. The molecule has 0 aliphatic carbocycles. The van der Waals surface area contributed by atoms with Gasteiger partial charge in [0, 0.05) is 18.9 Å². The van der Waals surface area contributed by atoms with Crippen LogP contribution < -0.4 is 10.6 Å². The molecule has 0 saturated carbocycles. The lowest BCUT2D eigenvalue weighted by Crippen LogP contribution is -2.15. The molecule has 0 atom stereocenters. The summed E-state index contributed by atoms with van der Waals surface area (Å²) in [5, 5.41) is 14.2. The zero-order valence-corrected chi connectivity index (χ0v) is 11.4. The average Bonchev–Trinajstić information content (AvgIpc) is 2.43. The van der Waals surface area contributed by atoms with Crippen LogP contribution in [0.1, 0.15) is 25.3 Å². The van der Waals surface area contributed by atoms with E-state index in [0.717, 1.165) is 12.8 Å². The lowest BCUT2D eigenvalue weighted by Gasteiger charge is -2.05. The second-order valence-electron chi connectivity index (χ2n) is 4.21. The van der Waals surface area contributed by atoms with Gasteiger partial charge in [0.25, 0.3) is 5.91 Å². The Morgan fingerprint density at radius 3 is 2.58 bits per heavy atom. The number of nitrogens with zero attached hydrogens (tertiary/aromatic N) is 1. The molecular weight excluding hydrogens is 238 g/mol. The van der Waals surface area contributed by atoms with Crippen molar-refractivity contribution < 1.29 is 4.79 Å². The van der Waals surface area contributed by atoms with E-state index in [1.54, 1.807) is 7.05 Å². The second kappa shape index (κ2) is 7.93. The van der Waals surface area contributed by atoms with E-state index < -0.39 is 5.91 Å². The zero-order valence-electron chi connectivity index (χ0n) is 11.4. The summed E-state index contributed by atoms with van der Waals surface area (Å²) in [6.45, 7) is 2.16. The fraction of sp³-hybridized carbons (Fsp3) is 0.333.